The summed E-state index contributed by atoms with van der Waals surface area (Å²) in [6.45, 7) is 4.44. The second-order valence-electron chi connectivity index (χ2n) is 3.60. The molecule has 1 aliphatic heterocycles. The number of rotatable bonds is 3. The zero-order chi connectivity index (χ0) is 8.81. The molecule has 0 aromatic carbocycles. The number of hydrogen-bond acceptors (Lipinski definition) is 1. The van der Waals surface area contributed by atoms with Gasteiger partial charge in [-0.15, -0.1) is 0 Å². The van der Waals surface area contributed by atoms with Gasteiger partial charge in [0.2, 0.25) is 0 Å². The fourth-order valence-electron chi connectivity index (χ4n) is 1.67. The van der Waals surface area contributed by atoms with E-state index in [0.717, 1.165) is 25.3 Å². The van der Waals surface area contributed by atoms with E-state index in [9.17, 15) is 0 Å². The highest BCUT2D eigenvalue weighted by atomic mass is 15.2. The number of hydrogen-bond donors (Lipinski definition) is 1. The zero-order valence-corrected chi connectivity index (χ0v) is 8.10. The third-order valence-electron chi connectivity index (χ3n) is 2.50. The van der Waals surface area contributed by atoms with E-state index < -0.39 is 0 Å². The smallest absolute Gasteiger partial charge is 0.0957 e. The topological polar surface area (TPSA) is 27.1 Å². The summed E-state index contributed by atoms with van der Waals surface area (Å²) in [6.07, 6.45) is 7.29. The molecule has 1 rings (SSSR count). The largest absolute Gasteiger partial charge is 0.361 e. The van der Waals surface area contributed by atoms with Crippen LogP contribution in [0.15, 0.2) is 0 Å². The highest BCUT2D eigenvalue weighted by Crippen LogP contribution is 2.11. The monoisotopic (exact) mass is 168 g/mol. The number of likely N-dealkylation sites (tertiary alicyclic amines) is 1. The number of amidine groups is 1. The molecule has 1 saturated heterocycles. The molecule has 0 spiro atoms. The summed E-state index contributed by atoms with van der Waals surface area (Å²) in [7, 11) is 0. The quantitative estimate of drug-likeness (QED) is 0.509. The minimum atomic E-state index is 0.872. The van der Waals surface area contributed by atoms with Gasteiger partial charge in [-0.1, -0.05) is 13.3 Å². The van der Waals surface area contributed by atoms with Crippen LogP contribution in [0.25, 0.3) is 0 Å². The molecule has 0 saturated carbocycles. The summed E-state index contributed by atoms with van der Waals surface area (Å²) in [6, 6.07) is 0. The highest BCUT2D eigenvalue weighted by molar-refractivity contribution is 5.79. The van der Waals surface area contributed by atoms with E-state index in [1.165, 1.54) is 32.1 Å². The minimum Gasteiger partial charge on any atom is -0.361 e. The molecule has 0 amide bonds. The van der Waals surface area contributed by atoms with Gasteiger partial charge in [-0.25, -0.2) is 0 Å². The Morgan fingerprint density at radius 3 is 2.50 bits per heavy atom. The van der Waals surface area contributed by atoms with Crippen molar-refractivity contribution in [3.8, 4) is 0 Å². The molecule has 0 unspecified atom stereocenters. The molecule has 0 aliphatic carbocycles. The molecule has 2 heteroatoms. The standard InChI is InChI=1S/C10H20N2/c1-2-3-7-10(11)12-8-5-4-6-9-12/h11H,2-9H2,1H3. The van der Waals surface area contributed by atoms with Gasteiger partial charge in [0, 0.05) is 19.5 Å². The van der Waals surface area contributed by atoms with Crippen LogP contribution in [0.1, 0.15) is 45.4 Å². The summed E-state index contributed by atoms with van der Waals surface area (Å²) in [5.74, 6) is 0.872. The van der Waals surface area contributed by atoms with Crippen molar-refractivity contribution in [2.45, 2.75) is 45.4 Å². The normalized spacial score (nSPS) is 17.9. The lowest BCUT2D eigenvalue weighted by molar-refractivity contribution is 0.333. The van der Waals surface area contributed by atoms with Crippen LogP contribution in [0.2, 0.25) is 0 Å². The first-order valence-corrected chi connectivity index (χ1v) is 5.17. The molecular formula is C10H20N2. The first kappa shape index (κ1) is 9.56. The second-order valence-corrected chi connectivity index (χ2v) is 3.60. The van der Waals surface area contributed by atoms with Crippen LogP contribution in [-0.2, 0) is 0 Å². The minimum absolute atomic E-state index is 0.872. The number of unbranched alkanes of at least 4 members (excludes halogenated alkanes) is 1. The molecule has 1 aliphatic rings. The fraction of sp³-hybridized carbons (Fsp3) is 0.900. The van der Waals surface area contributed by atoms with Gasteiger partial charge in [-0.3, -0.25) is 5.41 Å². The SMILES string of the molecule is CCCCC(=N)N1CCCCC1. The molecule has 1 N–H and O–H groups in total. The first-order valence-electron chi connectivity index (χ1n) is 5.17. The van der Waals surface area contributed by atoms with Crippen molar-refractivity contribution in [1.29, 1.82) is 5.41 Å². The summed E-state index contributed by atoms with van der Waals surface area (Å²) in [4.78, 5) is 2.25. The van der Waals surface area contributed by atoms with Gasteiger partial charge in [0.25, 0.3) is 0 Å². The number of nitrogens with zero attached hydrogens (tertiary/aromatic N) is 1. The Labute approximate surface area is 75.5 Å². The van der Waals surface area contributed by atoms with Crippen LogP contribution in [0, 0.1) is 5.41 Å². The van der Waals surface area contributed by atoms with Crippen LogP contribution in [0.5, 0.6) is 0 Å². The predicted molar refractivity (Wildman–Crippen MR) is 52.7 cm³/mol. The Bertz CT molecular complexity index is 137. The second kappa shape index (κ2) is 5.18. The van der Waals surface area contributed by atoms with Crippen molar-refractivity contribution in [2.24, 2.45) is 0 Å². The van der Waals surface area contributed by atoms with E-state index in [1.807, 2.05) is 0 Å². The van der Waals surface area contributed by atoms with Crippen LogP contribution < -0.4 is 0 Å². The predicted octanol–water partition coefficient (Wildman–Crippen LogP) is 2.64. The Morgan fingerprint density at radius 2 is 1.92 bits per heavy atom. The van der Waals surface area contributed by atoms with E-state index in [4.69, 9.17) is 5.41 Å². The average Bonchev–Trinajstić information content (AvgIpc) is 2.15. The third kappa shape index (κ3) is 2.84. The molecule has 0 bridgehead atoms. The molecule has 1 heterocycles. The molecule has 0 aromatic heterocycles. The van der Waals surface area contributed by atoms with E-state index >= 15 is 0 Å². The van der Waals surface area contributed by atoms with Gasteiger partial charge in [0.05, 0.1) is 5.84 Å². The lowest BCUT2D eigenvalue weighted by atomic mass is 10.1. The van der Waals surface area contributed by atoms with E-state index in [0.29, 0.717) is 0 Å². The summed E-state index contributed by atoms with van der Waals surface area (Å²) in [5.41, 5.74) is 0. The lowest BCUT2D eigenvalue weighted by Crippen LogP contribution is -2.34. The van der Waals surface area contributed by atoms with Crippen LogP contribution in [-0.4, -0.2) is 23.8 Å². The Morgan fingerprint density at radius 1 is 1.25 bits per heavy atom. The molecule has 70 valence electrons. The van der Waals surface area contributed by atoms with Gasteiger partial charge >= 0.3 is 0 Å². The fourth-order valence-corrected chi connectivity index (χ4v) is 1.67. The summed E-state index contributed by atoms with van der Waals surface area (Å²) >= 11 is 0. The van der Waals surface area contributed by atoms with Gasteiger partial charge in [0.15, 0.2) is 0 Å². The lowest BCUT2D eigenvalue weighted by Gasteiger charge is -2.28. The van der Waals surface area contributed by atoms with E-state index in [-0.39, 0.29) is 0 Å². The highest BCUT2D eigenvalue weighted by Gasteiger charge is 2.12. The van der Waals surface area contributed by atoms with Gasteiger partial charge in [-0.05, 0) is 25.7 Å². The summed E-state index contributed by atoms with van der Waals surface area (Å²) in [5, 5.41) is 7.81. The van der Waals surface area contributed by atoms with E-state index in [1.54, 1.807) is 0 Å². The van der Waals surface area contributed by atoms with E-state index in [2.05, 4.69) is 11.8 Å². The third-order valence-corrected chi connectivity index (χ3v) is 2.50. The molecular weight excluding hydrogens is 148 g/mol. The Hall–Kier alpha value is -0.530. The number of piperidine rings is 1. The van der Waals surface area contributed by atoms with Gasteiger partial charge in [0.1, 0.15) is 0 Å². The maximum atomic E-state index is 7.81. The Balaban J connectivity index is 2.20. The van der Waals surface area contributed by atoms with Crippen molar-refractivity contribution < 1.29 is 0 Å². The summed E-state index contributed by atoms with van der Waals surface area (Å²) < 4.78 is 0. The first-order chi connectivity index (χ1) is 5.84. The zero-order valence-electron chi connectivity index (χ0n) is 8.10. The van der Waals surface area contributed by atoms with Gasteiger partial charge < -0.3 is 4.90 Å². The van der Waals surface area contributed by atoms with Gasteiger partial charge in [-0.2, -0.15) is 0 Å². The maximum Gasteiger partial charge on any atom is 0.0957 e. The number of nitrogens with one attached hydrogen (secondary N) is 1. The van der Waals surface area contributed by atoms with Crippen molar-refractivity contribution >= 4 is 5.84 Å². The molecule has 0 radical (unpaired) electrons. The van der Waals surface area contributed by atoms with Crippen molar-refractivity contribution in [3.05, 3.63) is 0 Å². The molecule has 12 heavy (non-hydrogen) atoms. The van der Waals surface area contributed by atoms with Crippen LogP contribution in [0.3, 0.4) is 0 Å². The molecule has 1 fully saturated rings. The molecule has 2 nitrogen and oxygen atoms in total. The van der Waals surface area contributed by atoms with Crippen molar-refractivity contribution in [3.63, 3.8) is 0 Å². The van der Waals surface area contributed by atoms with Crippen LogP contribution >= 0.6 is 0 Å². The average molecular weight is 168 g/mol. The maximum absolute atomic E-state index is 7.81. The van der Waals surface area contributed by atoms with Crippen molar-refractivity contribution in [1.82, 2.24) is 4.90 Å². The molecule has 0 atom stereocenters. The van der Waals surface area contributed by atoms with Crippen molar-refractivity contribution in [2.75, 3.05) is 13.1 Å². The van der Waals surface area contributed by atoms with Crippen LogP contribution in [0.4, 0.5) is 0 Å². The molecule has 0 aromatic rings. The Kier molecular flexibility index (Phi) is 4.12.